The molecular weight excluding hydrogens is 662 g/mol. The lowest BCUT2D eigenvalue weighted by Gasteiger charge is -2.37. The molecule has 1 aliphatic heterocycles. The Bertz CT molecular complexity index is 1500. The number of rotatable bonds is 19. The minimum absolute atomic E-state index is 0.118. The molecule has 2 amide bonds. The molecule has 1 fully saturated rings. The number of aliphatic hydroxyl groups excluding tert-OH is 2. The van der Waals surface area contributed by atoms with Gasteiger partial charge in [0, 0.05) is 37.9 Å². The highest BCUT2D eigenvalue weighted by Gasteiger charge is 2.37. The van der Waals surface area contributed by atoms with Gasteiger partial charge in [-0.1, -0.05) is 13.0 Å². The molecule has 1 unspecified atom stereocenters. The zero-order chi connectivity index (χ0) is 37.0. The zero-order valence-electron chi connectivity index (χ0n) is 28.3. The van der Waals surface area contributed by atoms with Crippen molar-refractivity contribution in [2.24, 2.45) is 0 Å². The van der Waals surface area contributed by atoms with Crippen molar-refractivity contribution in [3.63, 3.8) is 0 Å². The fourth-order valence-electron chi connectivity index (χ4n) is 5.40. The molecule has 50 heavy (non-hydrogen) atoms. The molecule has 17 nitrogen and oxygen atoms in total. The van der Waals surface area contributed by atoms with Crippen LogP contribution in [0.4, 0.5) is 16.2 Å². The summed E-state index contributed by atoms with van der Waals surface area (Å²) >= 11 is 0. The third-order valence-electron chi connectivity index (χ3n) is 8.00. The minimum Gasteiger partial charge on any atom is -0.493 e. The molecule has 0 saturated carbocycles. The third-order valence-corrected chi connectivity index (χ3v) is 8.00. The maximum atomic E-state index is 13.8. The molecule has 1 saturated heterocycles. The van der Waals surface area contributed by atoms with E-state index in [0.717, 1.165) is 17.3 Å². The van der Waals surface area contributed by atoms with Crippen molar-refractivity contribution in [2.45, 2.75) is 90.2 Å². The number of benzene rings is 2. The number of nitrogens with zero attached hydrogens (tertiary/aromatic N) is 3. The molecule has 1 heterocycles. The van der Waals surface area contributed by atoms with E-state index in [1.54, 1.807) is 26.8 Å². The van der Waals surface area contributed by atoms with Gasteiger partial charge in [0.25, 0.3) is 0 Å². The van der Waals surface area contributed by atoms with Crippen molar-refractivity contribution in [3.8, 4) is 17.2 Å². The number of aliphatic carboxylic acids is 1. The monoisotopic (exact) mass is 705 g/mol. The van der Waals surface area contributed by atoms with Crippen LogP contribution in [0.2, 0.25) is 0 Å². The second kappa shape index (κ2) is 18.7. The highest BCUT2D eigenvalue weighted by Crippen LogP contribution is 2.37. The number of carbonyl (C=O) groups is 4. The number of nitro groups is 1. The van der Waals surface area contributed by atoms with Crippen LogP contribution in [0.5, 0.6) is 17.2 Å². The van der Waals surface area contributed by atoms with Crippen molar-refractivity contribution in [2.75, 3.05) is 25.2 Å². The second-order valence-electron chi connectivity index (χ2n) is 11.4. The zero-order valence-corrected chi connectivity index (χ0v) is 28.3. The minimum atomic E-state index is -1.61. The lowest BCUT2D eigenvalue weighted by molar-refractivity contribution is -0.386. The summed E-state index contributed by atoms with van der Waals surface area (Å²) in [6.07, 6.45) is -4.38. The fraction of sp³-hybridized carbons (Fsp3) is 0.515. The Kier molecular flexibility index (Phi) is 14.7. The first-order valence-corrected chi connectivity index (χ1v) is 16.0. The number of likely N-dealkylation sites (N-methyl/N-ethyl adjacent to an activating group) is 1. The maximum Gasteiger partial charge on any atom is 0.416 e. The van der Waals surface area contributed by atoms with E-state index < -0.39 is 60.0 Å². The second-order valence-corrected chi connectivity index (χ2v) is 11.4. The number of amides is 2. The number of aryl methyl sites for hydroxylation is 1. The van der Waals surface area contributed by atoms with Crippen LogP contribution in [0, 0.1) is 17.0 Å². The van der Waals surface area contributed by atoms with Crippen LogP contribution < -0.4 is 19.1 Å². The molecule has 0 bridgehead atoms. The average molecular weight is 706 g/mol. The van der Waals surface area contributed by atoms with Crippen LogP contribution in [0.15, 0.2) is 30.3 Å². The van der Waals surface area contributed by atoms with Crippen molar-refractivity contribution in [1.29, 1.82) is 0 Å². The van der Waals surface area contributed by atoms with Crippen molar-refractivity contribution >= 4 is 36.1 Å². The fourth-order valence-corrected chi connectivity index (χ4v) is 5.40. The number of carboxylic acid groups (broad SMARTS) is 1. The standard InChI is InChI=1S/C33H43N3O14/c1-5-23(34(6-2)19-38)31(40)35(24-17-28(47-12-8-7-11-37)27(46-4)13-20(24)3)33(43)48-18-21-9-10-26(25(14-21)36(44)45)49-30-16-22(39)15-29(50-30)32(41)42/h9-11,13-14,17,19,22-23,29-31,39-40H,5-8,12,15-16,18H2,1-4H3,(H,41,42)/t22-,23-,29-,30+,31?/m0/s1. The van der Waals surface area contributed by atoms with E-state index >= 15 is 0 Å². The van der Waals surface area contributed by atoms with Gasteiger partial charge < -0.3 is 48.7 Å². The number of anilines is 1. The quantitative estimate of drug-likeness (QED) is 0.0627. The van der Waals surface area contributed by atoms with E-state index in [0.29, 0.717) is 24.1 Å². The highest BCUT2D eigenvalue weighted by molar-refractivity contribution is 5.90. The molecule has 2 aromatic carbocycles. The Balaban J connectivity index is 1.93. The summed E-state index contributed by atoms with van der Waals surface area (Å²) in [5.74, 6) is -1.03. The lowest BCUT2D eigenvalue weighted by atomic mass is 10.1. The number of carboxylic acids is 1. The molecule has 5 atom stereocenters. The van der Waals surface area contributed by atoms with Gasteiger partial charge in [0.05, 0.1) is 36.5 Å². The third kappa shape index (κ3) is 10.0. The Labute approximate surface area is 288 Å². The normalized spacial score (nSPS) is 18.2. The number of aldehydes is 1. The molecule has 1 aliphatic rings. The van der Waals surface area contributed by atoms with Crippen molar-refractivity contribution in [1.82, 2.24) is 4.90 Å². The van der Waals surface area contributed by atoms with E-state index in [1.165, 1.54) is 30.2 Å². The molecule has 0 aromatic heterocycles. The number of methoxy groups -OCH3 is 1. The SMILES string of the molecule is CC[C@@H](C(O)N(C(=O)OCc1ccc(O[C@H]2C[C@@H](O)C[C@@H](C(=O)O)O2)c([N+](=O)[O-])c1)c1cc(OCCCC=O)c(OC)cc1C)N(C=O)CC. The van der Waals surface area contributed by atoms with E-state index in [4.69, 9.17) is 23.7 Å². The Morgan fingerprint density at radius 2 is 1.88 bits per heavy atom. The first kappa shape index (κ1) is 39.4. The van der Waals surface area contributed by atoms with Crippen LogP contribution in [-0.2, 0) is 30.5 Å². The molecule has 274 valence electrons. The van der Waals surface area contributed by atoms with E-state index in [1.807, 2.05) is 0 Å². The average Bonchev–Trinajstić information content (AvgIpc) is 3.09. The molecule has 17 heteroatoms. The summed E-state index contributed by atoms with van der Waals surface area (Å²) < 4.78 is 27.7. The van der Waals surface area contributed by atoms with Crippen LogP contribution >= 0.6 is 0 Å². The van der Waals surface area contributed by atoms with Gasteiger partial charge in [-0.15, -0.1) is 0 Å². The maximum absolute atomic E-state index is 13.8. The summed E-state index contributed by atoms with van der Waals surface area (Å²) in [6.45, 7) is 5.00. The molecule has 3 N–H and O–H groups in total. The van der Waals surface area contributed by atoms with Gasteiger partial charge in [-0.3, -0.25) is 14.9 Å². The smallest absolute Gasteiger partial charge is 0.416 e. The number of hydrogen-bond acceptors (Lipinski definition) is 13. The van der Waals surface area contributed by atoms with Crippen LogP contribution in [0.1, 0.15) is 57.1 Å². The molecule has 3 rings (SSSR count). The predicted molar refractivity (Wildman–Crippen MR) is 175 cm³/mol. The van der Waals surface area contributed by atoms with E-state index in [9.17, 15) is 44.6 Å². The number of aliphatic hydroxyl groups is 2. The van der Waals surface area contributed by atoms with Gasteiger partial charge in [0.1, 0.15) is 12.9 Å². The summed E-state index contributed by atoms with van der Waals surface area (Å²) in [6, 6.07) is 5.91. The summed E-state index contributed by atoms with van der Waals surface area (Å²) in [5.41, 5.74) is 0.266. The molecular formula is C33H43N3O14. The first-order valence-electron chi connectivity index (χ1n) is 16.0. The largest absolute Gasteiger partial charge is 0.493 e. The van der Waals surface area contributed by atoms with Gasteiger partial charge in [0.2, 0.25) is 12.7 Å². The Morgan fingerprint density at radius 3 is 2.48 bits per heavy atom. The summed E-state index contributed by atoms with van der Waals surface area (Å²) in [7, 11) is 1.43. The summed E-state index contributed by atoms with van der Waals surface area (Å²) in [5, 5.41) is 42.9. The number of unbranched alkanes of at least 4 members (excludes halogenated alkanes) is 1. The number of ether oxygens (including phenoxy) is 5. The first-order chi connectivity index (χ1) is 23.9. The number of hydrogen-bond donors (Lipinski definition) is 3. The van der Waals surface area contributed by atoms with Crippen LogP contribution in [-0.4, -0.2) is 101 Å². The topological polar surface area (TPSA) is 225 Å². The van der Waals surface area contributed by atoms with Crippen LogP contribution in [0.25, 0.3) is 0 Å². The Hall–Kier alpha value is -5.00. The van der Waals surface area contributed by atoms with Crippen LogP contribution in [0.3, 0.4) is 0 Å². The molecule has 0 spiro atoms. The highest BCUT2D eigenvalue weighted by atomic mass is 16.7. The number of carbonyl (C=O) groups excluding carboxylic acids is 3. The Morgan fingerprint density at radius 1 is 1.14 bits per heavy atom. The van der Waals surface area contributed by atoms with E-state index in [-0.39, 0.29) is 61.6 Å². The van der Waals surface area contributed by atoms with Crippen molar-refractivity contribution in [3.05, 3.63) is 51.6 Å². The van der Waals surface area contributed by atoms with Gasteiger partial charge >= 0.3 is 17.7 Å². The van der Waals surface area contributed by atoms with Gasteiger partial charge in [0.15, 0.2) is 29.6 Å². The van der Waals surface area contributed by atoms with Crippen molar-refractivity contribution < 1.29 is 63.1 Å². The van der Waals surface area contributed by atoms with Gasteiger partial charge in [-0.05, 0) is 49.9 Å². The molecule has 0 radical (unpaired) electrons. The molecule has 2 aromatic rings. The molecule has 0 aliphatic carbocycles. The van der Waals surface area contributed by atoms with Gasteiger partial charge in [-0.25, -0.2) is 14.5 Å². The van der Waals surface area contributed by atoms with Gasteiger partial charge in [-0.2, -0.15) is 0 Å². The predicted octanol–water partition coefficient (Wildman–Crippen LogP) is 3.32. The lowest BCUT2D eigenvalue weighted by Crippen LogP contribution is -2.54. The summed E-state index contributed by atoms with van der Waals surface area (Å²) in [4.78, 5) is 61.3. The number of nitro benzene ring substituents is 1. The van der Waals surface area contributed by atoms with E-state index in [2.05, 4.69) is 0 Å².